The molecule has 1 N–H and O–H groups in total. The van der Waals surface area contributed by atoms with E-state index >= 15 is 0 Å². The Hall–Kier alpha value is -1.62. The molecule has 1 fully saturated rings. The first-order valence-corrected chi connectivity index (χ1v) is 7.09. The maximum atomic E-state index is 4.43. The maximum absolute atomic E-state index is 4.43. The second kappa shape index (κ2) is 5.57. The van der Waals surface area contributed by atoms with Gasteiger partial charge in [0.15, 0.2) is 0 Å². The van der Waals surface area contributed by atoms with Crippen LogP contribution in [-0.2, 0) is 13.1 Å². The van der Waals surface area contributed by atoms with Gasteiger partial charge in [0.1, 0.15) is 0 Å². The zero-order valence-corrected chi connectivity index (χ0v) is 11.4. The van der Waals surface area contributed by atoms with E-state index in [0.717, 1.165) is 31.7 Å². The van der Waals surface area contributed by atoms with Crippen molar-refractivity contribution in [2.45, 2.75) is 45.3 Å². The molecule has 0 bridgehead atoms. The molecule has 5 nitrogen and oxygen atoms in total. The van der Waals surface area contributed by atoms with E-state index in [0.29, 0.717) is 6.04 Å². The number of hydrogen-bond acceptors (Lipinski definition) is 3. The first kappa shape index (κ1) is 12.4. The van der Waals surface area contributed by atoms with Crippen molar-refractivity contribution in [3.63, 3.8) is 0 Å². The monoisotopic (exact) mass is 259 g/mol. The predicted molar refractivity (Wildman–Crippen MR) is 73.8 cm³/mol. The van der Waals surface area contributed by atoms with Gasteiger partial charge >= 0.3 is 0 Å². The minimum absolute atomic E-state index is 0.687. The Kier molecular flexibility index (Phi) is 3.64. The van der Waals surface area contributed by atoms with Crippen molar-refractivity contribution in [3.8, 4) is 0 Å². The molecule has 0 aromatic carbocycles. The van der Waals surface area contributed by atoms with Crippen LogP contribution >= 0.6 is 0 Å². The molecular formula is C14H21N5. The Bertz CT molecular complexity index is 523. The van der Waals surface area contributed by atoms with E-state index in [1.165, 1.54) is 18.5 Å². The van der Waals surface area contributed by atoms with Gasteiger partial charge in [0, 0.05) is 25.0 Å². The maximum Gasteiger partial charge on any atom is 0.0953 e. The van der Waals surface area contributed by atoms with E-state index in [1.54, 1.807) is 0 Å². The molecule has 1 saturated carbocycles. The number of aromatic nitrogens is 4. The minimum Gasteiger partial charge on any atom is -0.331 e. The van der Waals surface area contributed by atoms with Crippen LogP contribution in [0.5, 0.6) is 0 Å². The van der Waals surface area contributed by atoms with Crippen LogP contribution in [0.15, 0.2) is 25.0 Å². The summed E-state index contributed by atoms with van der Waals surface area (Å²) < 4.78 is 4.44. The molecule has 1 aliphatic rings. The molecule has 2 aromatic rings. The van der Waals surface area contributed by atoms with Gasteiger partial charge in [-0.25, -0.2) is 9.97 Å². The lowest BCUT2D eigenvalue weighted by molar-refractivity contribution is 0.652. The van der Waals surface area contributed by atoms with Crippen LogP contribution in [0.2, 0.25) is 0 Å². The summed E-state index contributed by atoms with van der Waals surface area (Å²) in [5, 5.41) is 3.37. The normalized spacial score (nSPS) is 15.0. The van der Waals surface area contributed by atoms with E-state index in [9.17, 15) is 0 Å². The molecule has 0 unspecified atom stereocenters. The molecule has 2 aromatic heterocycles. The smallest absolute Gasteiger partial charge is 0.0953 e. The van der Waals surface area contributed by atoms with Gasteiger partial charge in [-0.15, -0.1) is 0 Å². The van der Waals surface area contributed by atoms with Crippen molar-refractivity contribution >= 4 is 0 Å². The molecule has 0 radical (unpaired) electrons. The van der Waals surface area contributed by atoms with Gasteiger partial charge in [-0.2, -0.15) is 0 Å². The second-order valence-corrected chi connectivity index (χ2v) is 5.24. The third-order valence-corrected chi connectivity index (χ3v) is 3.45. The molecule has 102 valence electrons. The highest BCUT2D eigenvalue weighted by molar-refractivity contribution is 5.06. The lowest BCUT2D eigenvalue weighted by Crippen LogP contribution is -2.13. The van der Waals surface area contributed by atoms with E-state index in [4.69, 9.17) is 0 Å². The molecule has 5 heteroatoms. The van der Waals surface area contributed by atoms with Gasteiger partial charge in [0.25, 0.3) is 0 Å². The van der Waals surface area contributed by atoms with Crippen molar-refractivity contribution in [2.24, 2.45) is 0 Å². The summed E-state index contributed by atoms with van der Waals surface area (Å²) in [5.74, 6) is 0. The SMILES string of the molecule is CCCNCc1cn(Cc2cncn2C2CC2)cn1. The highest BCUT2D eigenvalue weighted by atomic mass is 15.1. The first-order valence-electron chi connectivity index (χ1n) is 7.09. The van der Waals surface area contributed by atoms with Gasteiger partial charge in [-0.3, -0.25) is 0 Å². The van der Waals surface area contributed by atoms with Crippen molar-refractivity contribution in [2.75, 3.05) is 6.54 Å². The number of rotatable bonds is 7. The topological polar surface area (TPSA) is 47.7 Å². The average molecular weight is 259 g/mol. The standard InChI is InChI=1S/C14H21N5/c1-2-5-15-6-12-8-18(11-17-12)9-14-7-16-10-19(14)13-3-4-13/h7-8,10-11,13,15H,2-6,9H2,1H3. The number of nitrogens with one attached hydrogen (secondary N) is 1. The quantitative estimate of drug-likeness (QED) is 0.773. The molecule has 0 atom stereocenters. The average Bonchev–Trinajstić information content (AvgIpc) is 2.99. The Morgan fingerprint density at radius 1 is 1.37 bits per heavy atom. The highest BCUT2D eigenvalue weighted by Crippen LogP contribution is 2.35. The van der Waals surface area contributed by atoms with Crippen molar-refractivity contribution in [1.82, 2.24) is 24.4 Å². The highest BCUT2D eigenvalue weighted by Gasteiger charge is 2.25. The van der Waals surface area contributed by atoms with Crippen LogP contribution in [0.1, 0.15) is 43.6 Å². The zero-order chi connectivity index (χ0) is 13.1. The molecule has 19 heavy (non-hydrogen) atoms. The number of nitrogens with zero attached hydrogens (tertiary/aromatic N) is 4. The van der Waals surface area contributed by atoms with Crippen LogP contribution in [0.3, 0.4) is 0 Å². The summed E-state index contributed by atoms with van der Waals surface area (Å²) in [6, 6.07) is 0.687. The van der Waals surface area contributed by atoms with Crippen molar-refractivity contribution < 1.29 is 0 Å². The van der Waals surface area contributed by atoms with Crippen LogP contribution < -0.4 is 5.32 Å². The third-order valence-electron chi connectivity index (χ3n) is 3.45. The van der Waals surface area contributed by atoms with E-state index in [-0.39, 0.29) is 0 Å². The summed E-state index contributed by atoms with van der Waals surface area (Å²) >= 11 is 0. The molecule has 0 spiro atoms. The molecule has 0 saturated heterocycles. The summed E-state index contributed by atoms with van der Waals surface area (Å²) in [4.78, 5) is 8.69. The zero-order valence-electron chi connectivity index (χ0n) is 11.4. The van der Waals surface area contributed by atoms with E-state index in [2.05, 4.69) is 37.5 Å². The molecule has 1 aliphatic carbocycles. The lowest BCUT2D eigenvalue weighted by Gasteiger charge is -2.06. The fourth-order valence-electron chi connectivity index (χ4n) is 2.30. The van der Waals surface area contributed by atoms with Gasteiger partial charge < -0.3 is 14.5 Å². The van der Waals surface area contributed by atoms with Gasteiger partial charge in [0.05, 0.1) is 30.6 Å². The molecule has 0 amide bonds. The molecule has 0 aliphatic heterocycles. The van der Waals surface area contributed by atoms with Crippen LogP contribution in [0, 0.1) is 0 Å². The summed E-state index contributed by atoms with van der Waals surface area (Å²) in [6.07, 6.45) is 11.7. The predicted octanol–water partition coefficient (Wildman–Crippen LogP) is 1.96. The molecular weight excluding hydrogens is 238 g/mol. The van der Waals surface area contributed by atoms with Gasteiger partial charge in [-0.05, 0) is 25.8 Å². The Labute approximate surface area is 113 Å². The summed E-state index contributed by atoms with van der Waals surface area (Å²) in [6.45, 7) is 4.92. The van der Waals surface area contributed by atoms with Crippen molar-refractivity contribution in [1.29, 1.82) is 0 Å². The summed E-state index contributed by atoms with van der Waals surface area (Å²) in [7, 11) is 0. The number of hydrogen-bond donors (Lipinski definition) is 1. The number of imidazole rings is 2. The van der Waals surface area contributed by atoms with Crippen LogP contribution in [0.4, 0.5) is 0 Å². The second-order valence-electron chi connectivity index (χ2n) is 5.24. The Morgan fingerprint density at radius 3 is 3.05 bits per heavy atom. The largest absolute Gasteiger partial charge is 0.331 e. The fourth-order valence-corrected chi connectivity index (χ4v) is 2.30. The summed E-state index contributed by atoms with van der Waals surface area (Å²) in [5.41, 5.74) is 2.37. The van der Waals surface area contributed by atoms with Crippen LogP contribution in [0.25, 0.3) is 0 Å². The van der Waals surface area contributed by atoms with Gasteiger partial charge in [-0.1, -0.05) is 6.92 Å². The van der Waals surface area contributed by atoms with Crippen molar-refractivity contribution in [3.05, 3.63) is 36.4 Å². The Balaban J connectivity index is 1.61. The lowest BCUT2D eigenvalue weighted by atomic mass is 10.4. The van der Waals surface area contributed by atoms with E-state index < -0.39 is 0 Å². The fraction of sp³-hybridized carbons (Fsp3) is 0.571. The van der Waals surface area contributed by atoms with E-state index in [1.807, 2.05) is 18.9 Å². The molecule has 2 heterocycles. The Morgan fingerprint density at radius 2 is 2.26 bits per heavy atom. The third kappa shape index (κ3) is 3.04. The van der Waals surface area contributed by atoms with Crippen LogP contribution in [-0.4, -0.2) is 25.6 Å². The first-order chi connectivity index (χ1) is 9.36. The minimum atomic E-state index is 0.687. The van der Waals surface area contributed by atoms with Gasteiger partial charge in [0.2, 0.25) is 0 Å². The molecule has 3 rings (SSSR count).